The maximum atomic E-state index is 12.8. The Balaban J connectivity index is 1.81. The zero-order chi connectivity index (χ0) is 15.2. The summed E-state index contributed by atoms with van der Waals surface area (Å²) >= 11 is 7.53. The van der Waals surface area contributed by atoms with Gasteiger partial charge < -0.3 is 5.32 Å². The molecular formula is C16H15ClFNOS. The highest BCUT2D eigenvalue weighted by atomic mass is 35.5. The molecule has 0 spiro atoms. The third-order valence-corrected chi connectivity index (χ3v) is 4.13. The number of thioether (sulfide) groups is 1. The summed E-state index contributed by atoms with van der Waals surface area (Å²) in [5.41, 5.74) is 2.65. The Bertz CT molecular complexity index is 631. The third kappa shape index (κ3) is 5.06. The Labute approximate surface area is 132 Å². The average molecular weight is 324 g/mol. The van der Waals surface area contributed by atoms with Crippen molar-refractivity contribution in [2.45, 2.75) is 12.7 Å². The summed E-state index contributed by atoms with van der Waals surface area (Å²) in [5.74, 6) is 0.625. The van der Waals surface area contributed by atoms with E-state index in [2.05, 4.69) is 5.32 Å². The molecular weight excluding hydrogens is 309 g/mol. The van der Waals surface area contributed by atoms with Crippen LogP contribution in [0.25, 0.3) is 0 Å². The van der Waals surface area contributed by atoms with Crippen molar-refractivity contribution in [3.8, 4) is 0 Å². The Morgan fingerprint density at radius 1 is 1.24 bits per heavy atom. The molecule has 0 unspecified atom stereocenters. The molecule has 0 aromatic heterocycles. The van der Waals surface area contributed by atoms with Gasteiger partial charge in [0.1, 0.15) is 5.82 Å². The summed E-state index contributed by atoms with van der Waals surface area (Å²) in [7, 11) is 0. The van der Waals surface area contributed by atoms with Crippen molar-refractivity contribution >= 4 is 35.0 Å². The van der Waals surface area contributed by atoms with E-state index < -0.39 is 0 Å². The molecule has 2 nitrogen and oxygen atoms in total. The van der Waals surface area contributed by atoms with Crippen molar-refractivity contribution < 1.29 is 9.18 Å². The largest absolute Gasteiger partial charge is 0.324 e. The van der Waals surface area contributed by atoms with E-state index in [4.69, 9.17) is 11.6 Å². The lowest BCUT2D eigenvalue weighted by Gasteiger charge is -2.08. The summed E-state index contributed by atoms with van der Waals surface area (Å²) < 4.78 is 12.8. The van der Waals surface area contributed by atoms with Crippen LogP contribution in [0.1, 0.15) is 11.1 Å². The van der Waals surface area contributed by atoms with Crippen LogP contribution in [0.3, 0.4) is 0 Å². The number of halogens is 2. The second kappa shape index (κ2) is 7.48. The molecule has 1 N–H and O–H groups in total. The molecule has 1 amide bonds. The van der Waals surface area contributed by atoms with Crippen LogP contribution in [-0.4, -0.2) is 11.7 Å². The number of anilines is 1. The second-order valence-corrected chi connectivity index (χ2v) is 6.04. The quantitative estimate of drug-likeness (QED) is 0.867. The van der Waals surface area contributed by atoms with E-state index in [-0.39, 0.29) is 11.7 Å². The molecule has 0 fully saturated rings. The predicted molar refractivity (Wildman–Crippen MR) is 87.4 cm³/mol. The van der Waals surface area contributed by atoms with Crippen molar-refractivity contribution in [1.82, 2.24) is 0 Å². The van der Waals surface area contributed by atoms with Gasteiger partial charge >= 0.3 is 0 Å². The SMILES string of the molecule is Cc1ccc(NC(=O)CSCc2ccc(F)cc2)c(Cl)c1. The Morgan fingerprint density at radius 3 is 2.62 bits per heavy atom. The van der Waals surface area contributed by atoms with Gasteiger partial charge in [0.2, 0.25) is 5.91 Å². The average Bonchev–Trinajstić information content (AvgIpc) is 2.44. The summed E-state index contributed by atoms with van der Waals surface area (Å²) in [4.78, 5) is 11.8. The first-order valence-electron chi connectivity index (χ1n) is 6.43. The van der Waals surface area contributed by atoms with Gasteiger partial charge in [0.25, 0.3) is 0 Å². The van der Waals surface area contributed by atoms with Gasteiger partial charge in [-0.25, -0.2) is 4.39 Å². The normalized spacial score (nSPS) is 10.4. The topological polar surface area (TPSA) is 29.1 Å². The molecule has 2 rings (SSSR count). The molecule has 0 aliphatic carbocycles. The standard InChI is InChI=1S/C16H15ClFNOS/c1-11-2-7-15(14(17)8-11)19-16(20)10-21-9-12-3-5-13(18)6-4-12/h2-8H,9-10H2,1H3,(H,19,20). The van der Waals surface area contributed by atoms with E-state index >= 15 is 0 Å². The minimum Gasteiger partial charge on any atom is -0.324 e. The first-order chi connectivity index (χ1) is 10.0. The van der Waals surface area contributed by atoms with Gasteiger partial charge in [0, 0.05) is 5.75 Å². The van der Waals surface area contributed by atoms with Crippen molar-refractivity contribution in [3.63, 3.8) is 0 Å². The zero-order valence-corrected chi connectivity index (χ0v) is 13.1. The van der Waals surface area contributed by atoms with E-state index in [0.717, 1.165) is 11.1 Å². The van der Waals surface area contributed by atoms with Crippen LogP contribution in [-0.2, 0) is 10.5 Å². The number of carbonyl (C=O) groups excluding carboxylic acids is 1. The van der Waals surface area contributed by atoms with Crippen LogP contribution in [0.5, 0.6) is 0 Å². The minimum absolute atomic E-state index is 0.104. The van der Waals surface area contributed by atoms with Crippen LogP contribution in [0, 0.1) is 12.7 Å². The molecule has 0 saturated carbocycles. The Hall–Kier alpha value is -1.52. The molecule has 0 radical (unpaired) electrons. The number of hydrogen-bond donors (Lipinski definition) is 1. The van der Waals surface area contributed by atoms with Gasteiger partial charge in [-0.1, -0.05) is 29.8 Å². The molecule has 2 aromatic rings. The van der Waals surface area contributed by atoms with E-state index in [1.165, 1.54) is 23.9 Å². The van der Waals surface area contributed by atoms with Gasteiger partial charge in [0.15, 0.2) is 0 Å². The fourth-order valence-corrected chi connectivity index (χ4v) is 2.82. The van der Waals surface area contributed by atoms with Gasteiger partial charge in [0.05, 0.1) is 16.5 Å². The number of hydrogen-bond acceptors (Lipinski definition) is 2. The van der Waals surface area contributed by atoms with Gasteiger partial charge in [-0.05, 0) is 42.3 Å². The molecule has 0 saturated heterocycles. The highest BCUT2D eigenvalue weighted by Crippen LogP contribution is 2.23. The highest BCUT2D eigenvalue weighted by Gasteiger charge is 2.06. The zero-order valence-electron chi connectivity index (χ0n) is 11.5. The molecule has 21 heavy (non-hydrogen) atoms. The van der Waals surface area contributed by atoms with E-state index in [9.17, 15) is 9.18 Å². The van der Waals surface area contributed by atoms with Crippen molar-refractivity contribution in [3.05, 3.63) is 64.4 Å². The molecule has 2 aromatic carbocycles. The van der Waals surface area contributed by atoms with Crippen LogP contribution in [0.2, 0.25) is 5.02 Å². The fraction of sp³-hybridized carbons (Fsp3) is 0.188. The molecule has 110 valence electrons. The van der Waals surface area contributed by atoms with Crippen LogP contribution in [0.15, 0.2) is 42.5 Å². The number of nitrogens with one attached hydrogen (secondary N) is 1. The number of carbonyl (C=O) groups is 1. The van der Waals surface area contributed by atoms with E-state index in [0.29, 0.717) is 22.2 Å². The summed E-state index contributed by atoms with van der Waals surface area (Å²) in [6.07, 6.45) is 0. The van der Waals surface area contributed by atoms with E-state index in [1.54, 1.807) is 18.2 Å². The molecule has 0 atom stereocenters. The number of rotatable bonds is 5. The summed E-state index contributed by atoms with van der Waals surface area (Å²) in [6, 6.07) is 11.8. The lowest BCUT2D eigenvalue weighted by Crippen LogP contribution is -2.14. The fourth-order valence-electron chi connectivity index (χ4n) is 1.75. The van der Waals surface area contributed by atoms with E-state index in [1.807, 2.05) is 19.1 Å². The number of amides is 1. The minimum atomic E-state index is -0.254. The number of benzene rings is 2. The van der Waals surface area contributed by atoms with Crippen LogP contribution < -0.4 is 5.32 Å². The molecule has 0 bridgehead atoms. The third-order valence-electron chi connectivity index (χ3n) is 2.81. The maximum absolute atomic E-state index is 12.8. The molecule has 0 heterocycles. The lowest BCUT2D eigenvalue weighted by molar-refractivity contribution is -0.113. The molecule has 0 aliphatic rings. The smallest absolute Gasteiger partial charge is 0.234 e. The summed E-state index contributed by atoms with van der Waals surface area (Å²) in [6.45, 7) is 1.94. The van der Waals surface area contributed by atoms with Crippen LogP contribution >= 0.6 is 23.4 Å². The Morgan fingerprint density at radius 2 is 1.95 bits per heavy atom. The van der Waals surface area contributed by atoms with Gasteiger partial charge in [-0.3, -0.25) is 4.79 Å². The van der Waals surface area contributed by atoms with Crippen LogP contribution in [0.4, 0.5) is 10.1 Å². The maximum Gasteiger partial charge on any atom is 0.234 e. The van der Waals surface area contributed by atoms with Crippen molar-refractivity contribution in [2.24, 2.45) is 0 Å². The van der Waals surface area contributed by atoms with Gasteiger partial charge in [-0.2, -0.15) is 0 Å². The van der Waals surface area contributed by atoms with Crippen molar-refractivity contribution in [1.29, 1.82) is 0 Å². The summed E-state index contributed by atoms with van der Waals surface area (Å²) in [5, 5.41) is 3.32. The molecule has 0 aliphatic heterocycles. The Kier molecular flexibility index (Phi) is 5.65. The van der Waals surface area contributed by atoms with Gasteiger partial charge in [-0.15, -0.1) is 11.8 Å². The van der Waals surface area contributed by atoms with Crippen molar-refractivity contribution in [2.75, 3.05) is 11.1 Å². The highest BCUT2D eigenvalue weighted by molar-refractivity contribution is 7.99. The first kappa shape index (κ1) is 15.9. The first-order valence-corrected chi connectivity index (χ1v) is 7.96. The predicted octanol–water partition coefficient (Wildman–Crippen LogP) is 4.66. The number of aryl methyl sites for hydroxylation is 1. The lowest BCUT2D eigenvalue weighted by atomic mass is 10.2. The monoisotopic (exact) mass is 323 g/mol. The molecule has 5 heteroatoms. The second-order valence-electron chi connectivity index (χ2n) is 4.65.